The Balaban J connectivity index is 0.000000444. The first-order valence-electron chi connectivity index (χ1n) is 9.83. The molecule has 0 fully saturated rings. The number of rotatable bonds is 3. The molecule has 160 valence electrons. The molecule has 0 aliphatic rings. The Morgan fingerprint density at radius 1 is 0.594 bits per heavy atom. The van der Waals surface area contributed by atoms with Gasteiger partial charge in [-0.3, -0.25) is 0 Å². The largest absolute Gasteiger partial charge is 0.673 e. The van der Waals surface area contributed by atoms with Crippen molar-refractivity contribution >= 4 is 28.9 Å². The molecule has 0 saturated heterocycles. The van der Waals surface area contributed by atoms with E-state index in [0.717, 1.165) is 16.9 Å². The maximum atomic E-state index is 9.75. The van der Waals surface area contributed by atoms with Crippen molar-refractivity contribution in [3.05, 3.63) is 103 Å². The first kappa shape index (κ1) is 21.8. The van der Waals surface area contributed by atoms with Crippen LogP contribution in [0.3, 0.4) is 0 Å². The van der Waals surface area contributed by atoms with Gasteiger partial charge >= 0.3 is 18.6 Å². The predicted octanol–water partition coefficient (Wildman–Crippen LogP) is 9.08. The summed E-state index contributed by atoms with van der Waals surface area (Å²) in [5.41, 5.74) is 5.65. The van der Waals surface area contributed by atoms with Crippen LogP contribution in [0.25, 0.3) is 43.2 Å². The molecule has 3 aromatic carbocycles. The maximum absolute atomic E-state index is 9.75. The monoisotopic (exact) mass is 452 g/mol. The SMILES string of the molecule is F[B-](F)(F)F.c1ccc(-c2cc(-c3ccccc3)c3sc(-c4ccccc4)cc3[o+]2)cc1. The van der Waals surface area contributed by atoms with Gasteiger partial charge in [-0.15, -0.1) is 11.3 Å². The fraction of sp³-hybridized carbons (Fsp3) is 0. The molecule has 0 atom stereocenters. The molecule has 0 N–H and O–H groups in total. The molecule has 0 aliphatic heterocycles. The van der Waals surface area contributed by atoms with Crippen LogP contribution in [0.15, 0.2) is 108 Å². The molecule has 0 spiro atoms. The average Bonchev–Trinajstić information content (AvgIpc) is 3.23. The summed E-state index contributed by atoms with van der Waals surface area (Å²) in [6.45, 7) is 0. The zero-order chi connectivity index (χ0) is 22.6. The second kappa shape index (κ2) is 9.36. The van der Waals surface area contributed by atoms with Crippen LogP contribution in [-0.2, 0) is 0 Å². The second-order valence-electron chi connectivity index (χ2n) is 6.92. The number of fused-ring (bicyclic) bond motifs is 1. The molecular weight excluding hydrogens is 435 g/mol. The Kier molecular flexibility index (Phi) is 6.37. The van der Waals surface area contributed by atoms with Crippen molar-refractivity contribution < 1.29 is 21.7 Å². The lowest BCUT2D eigenvalue weighted by Crippen LogP contribution is -2.02. The van der Waals surface area contributed by atoms with Gasteiger partial charge in [0, 0.05) is 10.4 Å². The fourth-order valence-electron chi connectivity index (χ4n) is 3.30. The molecule has 32 heavy (non-hydrogen) atoms. The van der Waals surface area contributed by atoms with Crippen LogP contribution in [-0.4, -0.2) is 7.25 Å². The van der Waals surface area contributed by atoms with Gasteiger partial charge in [-0.05, 0) is 23.3 Å². The van der Waals surface area contributed by atoms with Crippen molar-refractivity contribution in [2.24, 2.45) is 0 Å². The molecule has 1 nitrogen and oxygen atoms in total. The Morgan fingerprint density at radius 2 is 1.06 bits per heavy atom. The Labute approximate surface area is 186 Å². The fourth-order valence-corrected chi connectivity index (χ4v) is 4.43. The minimum atomic E-state index is -6.00. The van der Waals surface area contributed by atoms with Crippen LogP contribution in [0.4, 0.5) is 17.3 Å². The van der Waals surface area contributed by atoms with Crippen LogP contribution in [0.5, 0.6) is 0 Å². The Hall–Kier alpha value is -3.45. The van der Waals surface area contributed by atoms with E-state index in [0.29, 0.717) is 0 Å². The number of thiophene rings is 1. The normalized spacial score (nSPS) is 11.1. The summed E-state index contributed by atoms with van der Waals surface area (Å²) in [4.78, 5) is 1.22. The van der Waals surface area contributed by atoms with Gasteiger partial charge in [0.15, 0.2) is 0 Å². The van der Waals surface area contributed by atoms with E-state index in [1.165, 1.54) is 26.3 Å². The average molecular weight is 452 g/mol. The first-order valence-corrected chi connectivity index (χ1v) is 10.6. The van der Waals surface area contributed by atoms with Crippen molar-refractivity contribution in [1.29, 1.82) is 0 Å². The number of benzene rings is 3. The molecule has 5 rings (SSSR count). The zero-order valence-corrected chi connectivity index (χ0v) is 17.5. The molecule has 2 heterocycles. The van der Waals surface area contributed by atoms with Gasteiger partial charge in [0.2, 0.25) is 0 Å². The molecule has 0 saturated carbocycles. The standard InChI is InChI=1S/C25H17OS.BF4/c1-4-10-18(11-5-1)21-16-22(19-12-6-2-7-13-19)26-23-17-24(27-25(21)23)20-14-8-3-9-15-20;2-1(3,4)5/h1-17H;/q+1;-1. The number of hydrogen-bond donors (Lipinski definition) is 0. The van der Waals surface area contributed by atoms with Gasteiger partial charge < -0.3 is 17.3 Å². The zero-order valence-electron chi connectivity index (χ0n) is 16.7. The van der Waals surface area contributed by atoms with E-state index in [1.807, 2.05) is 24.3 Å². The maximum Gasteiger partial charge on any atom is 0.673 e. The van der Waals surface area contributed by atoms with Crippen molar-refractivity contribution in [3.63, 3.8) is 0 Å². The van der Waals surface area contributed by atoms with Crippen molar-refractivity contribution in [1.82, 2.24) is 0 Å². The first-order chi connectivity index (χ1) is 15.4. The summed E-state index contributed by atoms with van der Waals surface area (Å²) < 4.78 is 46.5. The van der Waals surface area contributed by atoms with Crippen LogP contribution >= 0.6 is 11.3 Å². The molecule has 0 amide bonds. The lowest BCUT2D eigenvalue weighted by atomic mass is 10.0. The summed E-state index contributed by atoms with van der Waals surface area (Å²) in [6.07, 6.45) is 0. The van der Waals surface area contributed by atoms with E-state index in [-0.39, 0.29) is 0 Å². The second-order valence-corrected chi connectivity index (χ2v) is 7.97. The summed E-state index contributed by atoms with van der Waals surface area (Å²) >= 11 is 1.78. The molecule has 2 aromatic heterocycles. The van der Waals surface area contributed by atoms with Crippen molar-refractivity contribution in [2.45, 2.75) is 0 Å². The highest BCUT2D eigenvalue weighted by Crippen LogP contribution is 2.41. The topological polar surface area (TPSA) is 11.3 Å². The molecular formula is C25H17BF4OS. The van der Waals surface area contributed by atoms with Gasteiger partial charge in [0.1, 0.15) is 4.70 Å². The quantitative estimate of drug-likeness (QED) is 0.151. The van der Waals surface area contributed by atoms with E-state index in [1.54, 1.807) is 11.3 Å². The predicted molar refractivity (Wildman–Crippen MR) is 125 cm³/mol. The minimum Gasteiger partial charge on any atom is -0.418 e. The summed E-state index contributed by atoms with van der Waals surface area (Å²) in [7, 11) is -6.00. The Bertz CT molecular complexity index is 1300. The van der Waals surface area contributed by atoms with Crippen LogP contribution < -0.4 is 0 Å². The van der Waals surface area contributed by atoms with Gasteiger partial charge in [0.25, 0.3) is 0 Å². The van der Waals surface area contributed by atoms with Gasteiger partial charge in [-0.25, -0.2) is 4.42 Å². The Morgan fingerprint density at radius 3 is 1.59 bits per heavy atom. The number of hydrogen-bond acceptors (Lipinski definition) is 1. The molecule has 0 unspecified atom stereocenters. The van der Waals surface area contributed by atoms with Gasteiger partial charge in [-0.2, -0.15) is 0 Å². The van der Waals surface area contributed by atoms with Gasteiger partial charge in [0.05, 0.1) is 17.7 Å². The molecule has 0 aliphatic carbocycles. The van der Waals surface area contributed by atoms with E-state index in [2.05, 4.69) is 78.9 Å². The highest BCUT2D eigenvalue weighted by molar-refractivity contribution is 7.22. The third-order valence-corrected chi connectivity index (χ3v) is 5.84. The van der Waals surface area contributed by atoms with Gasteiger partial charge in [-0.1, -0.05) is 78.9 Å². The molecule has 7 heteroatoms. The lowest BCUT2D eigenvalue weighted by molar-refractivity contribution is 0.368. The summed E-state index contributed by atoms with van der Waals surface area (Å²) in [5.74, 6) is 0.888. The van der Waals surface area contributed by atoms with Crippen molar-refractivity contribution in [3.8, 4) is 32.9 Å². The molecule has 5 aromatic rings. The third kappa shape index (κ3) is 5.42. The van der Waals surface area contributed by atoms with E-state index in [9.17, 15) is 17.3 Å². The smallest absolute Gasteiger partial charge is 0.418 e. The summed E-state index contributed by atoms with van der Waals surface area (Å²) in [6, 6.07) is 35.6. The highest BCUT2D eigenvalue weighted by atomic mass is 32.1. The van der Waals surface area contributed by atoms with Crippen LogP contribution in [0, 0.1) is 0 Å². The van der Waals surface area contributed by atoms with E-state index < -0.39 is 7.25 Å². The molecule has 0 bridgehead atoms. The highest BCUT2D eigenvalue weighted by Gasteiger charge is 2.23. The van der Waals surface area contributed by atoms with Crippen LogP contribution in [0.1, 0.15) is 0 Å². The molecule has 0 radical (unpaired) electrons. The van der Waals surface area contributed by atoms with E-state index >= 15 is 0 Å². The lowest BCUT2D eigenvalue weighted by Gasteiger charge is -2.01. The van der Waals surface area contributed by atoms with Crippen molar-refractivity contribution in [2.75, 3.05) is 0 Å². The summed E-state index contributed by atoms with van der Waals surface area (Å²) in [5, 5.41) is 0. The third-order valence-electron chi connectivity index (χ3n) is 4.64. The minimum absolute atomic E-state index is 0.888. The number of halogens is 4. The van der Waals surface area contributed by atoms with E-state index in [4.69, 9.17) is 4.42 Å². The van der Waals surface area contributed by atoms with Crippen LogP contribution in [0.2, 0.25) is 0 Å².